The molecule has 2 heterocycles. The monoisotopic (exact) mass is 1240 g/mol. The molecule has 30 nitrogen and oxygen atoms in total. The van der Waals surface area contributed by atoms with Crippen molar-refractivity contribution in [3.63, 3.8) is 0 Å². The summed E-state index contributed by atoms with van der Waals surface area (Å²) in [7, 11) is -20.2. The SMILES string of the molecule is C1COCC[N-]1.C1COCC[N-]1.N.N.N.N.Nc1cc(S(=O)(=O)O)cc2cc(S(=O)(=O)O)c(N=Nc3ccc(-c4ccc(N=Nc5c(S(=O)(=O)O)cc6cc(S(=O)(=O)O)cc(N)c6c5[O-])c([O-])c4)cc3[O-])c([O-])c12.[Cu].[Cu]. The molecule has 0 atom stereocenters. The van der Waals surface area contributed by atoms with E-state index < -0.39 is 139 Å². The Labute approximate surface area is 455 Å². The third-order valence-corrected chi connectivity index (χ3v) is 13.2. The van der Waals surface area contributed by atoms with Gasteiger partial charge in [-0.3, -0.25) is 18.2 Å². The predicted octanol–water partition coefficient (Wildman–Crippen LogP) is 4.36. The van der Waals surface area contributed by atoms with E-state index in [0.717, 1.165) is 101 Å². The second-order valence-corrected chi connectivity index (χ2v) is 20.2. The van der Waals surface area contributed by atoms with Gasteiger partial charge >= 0.3 is 0 Å². The van der Waals surface area contributed by atoms with E-state index in [0.29, 0.717) is 12.1 Å². The average molecular weight is 1240 g/mol. The molecule has 0 spiro atoms. The quantitative estimate of drug-likeness (QED) is 0.0416. The van der Waals surface area contributed by atoms with Gasteiger partial charge in [-0.2, -0.15) is 43.9 Å². The topological polar surface area (TPSA) is 598 Å². The van der Waals surface area contributed by atoms with Crippen molar-refractivity contribution in [1.29, 1.82) is 0 Å². The van der Waals surface area contributed by atoms with Crippen LogP contribution in [0.3, 0.4) is 0 Å². The Morgan fingerprint density at radius 1 is 0.461 bits per heavy atom. The summed E-state index contributed by atoms with van der Waals surface area (Å²) < 4.78 is 143. The molecule has 6 aromatic carbocycles. The summed E-state index contributed by atoms with van der Waals surface area (Å²) in [5.74, 6) is -4.23. The minimum atomic E-state index is -5.23. The fraction of sp³-hybridized carbons (Fsp3) is 0.200. The maximum atomic E-state index is 13.3. The molecule has 0 saturated carbocycles. The minimum absolute atomic E-state index is 0. The molecule has 0 bridgehead atoms. The van der Waals surface area contributed by atoms with Crippen molar-refractivity contribution in [2.75, 3.05) is 64.1 Å². The summed E-state index contributed by atoms with van der Waals surface area (Å²) in [6.07, 6.45) is 0. The molecule has 76 heavy (non-hydrogen) atoms. The Morgan fingerprint density at radius 2 is 0.776 bits per heavy atom. The zero-order valence-corrected chi connectivity index (χ0v) is 44.1. The summed E-state index contributed by atoms with van der Waals surface area (Å²) in [4.78, 5) is -3.84. The number of nitrogens with two attached hydrogens (primary N) is 2. The first-order chi connectivity index (χ1) is 32.8. The number of azo groups is 2. The first kappa shape index (κ1) is 70.2. The van der Waals surface area contributed by atoms with Gasteiger partial charge < -0.3 is 76.6 Å². The molecule has 2 aliphatic rings. The van der Waals surface area contributed by atoms with E-state index >= 15 is 0 Å². The summed E-state index contributed by atoms with van der Waals surface area (Å²) in [6.45, 7) is 6.94. The average Bonchev–Trinajstić information content (AvgIpc) is 3.29. The van der Waals surface area contributed by atoms with E-state index in [1.54, 1.807) is 0 Å². The summed E-state index contributed by atoms with van der Waals surface area (Å²) in [5, 5.41) is 73.3. The number of nitrogen functional groups attached to an aromatic ring is 2. The third kappa shape index (κ3) is 17.1. The van der Waals surface area contributed by atoms with Crippen molar-refractivity contribution in [3.8, 4) is 34.1 Å². The normalized spacial score (nSPS) is 13.7. The molecule has 0 aliphatic carbocycles. The smallest absolute Gasteiger partial charge is 0.296 e. The Balaban J connectivity index is 0.00000275. The zero-order chi connectivity index (χ0) is 51.3. The van der Waals surface area contributed by atoms with Gasteiger partial charge in [0.25, 0.3) is 40.5 Å². The molecule has 20 N–H and O–H groups in total. The molecule has 0 amide bonds. The van der Waals surface area contributed by atoms with E-state index in [-0.39, 0.29) is 69.9 Å². The number of anilines is 2. The van der Waals surface area contributed by atoms with Gasteiger partial charge in [0.2, 0.25) is 0 Å². The van der Waals surface area contributed by atoms with Gasteiger partial charge in [-0.05, 0) is 81.2 Å². The van der Waals surface area contributed by atoms with Crippen LogP contribution in [0.4, 0.5) is 34.1 Å². The van der Waals surface area contributed by atoms with Gasteiger partial charge in [-0.25, -0.2) is 0 Å². The number of ether oxygens (including phenoxy) is 2. The van der Waals surface area contributed by atoms with Crippen LogP contribution in [0.25, 0.3) is 43.3 Å². The first-order valence-electron chi connectivity index (χ1n) is 19.7. The molecule has 36 heteroatoms. The summed E-state index contributed by atoms with van der Waals surface area (Å²) in [6, 6.07) is 10.8. The van der Waals surface area contributed by atoms with Crippen LogP contribution in [0.5, 0.6) is 23.0 Å². The Morgan fingerprint density at radius 3 is 1.01 bits per heavy atom. The molecular weight excluding hydrogens is 1190 g/mol. The van der Waals surface area contributed by atoms with Gasteiger partial charge in [0.15, 0.2) is 0 Å². The maximum Gasteiger partial charge on any atom is 0.296 e. The fourth-order valence-corrected chi connectivity index (χ4v) is 8.95. The van der Waals surface area contributed by atoms with Crippen molar-refractivity contribution in [2.45, 2.75) is 19.6 Å². The van der Waals surface area contributed by atoms with Crippen LogP contribution in [-0.2, 0) is 84.1 Å². The van der Waals surface area contributed by atoms with E-state index in [2.05, 4.69) is 31.1 Å². The van der Waals surface area contributed by atoms with Crippen molar-refractivity contribution >= 4 is 96.1 Å². The Kier molecular flexibility index (Phi) is 26.4. The number of fused-ring (bicyclic) bond motifs is 2. The summed E-state index contributed by atoms with van der Waals surface area (Å²) in [5.41, 5.74) is 7.84. The predicted molar refractivity (Wildman–Crippen MR) is 262 cm³/mol. The third-order valence-electron chi connectivity index (χ3n) is 9.76. The van der Waals surface area contributed by atoms with Crippen LogP contribution in [0.2, 0.25) is 0 Å². The van der Waals surface area contributed by atoms with Gasteiger partial charge in [0, 0.05) is 71.9 Å². The van der Waals surface area contributed by atoms with Crippen LogP contribution in [0.15, 0.2) is 113 Å². The molecule has 0 unspecified atom stereocenters. The number of hydrogen-bond acceptors (Lipinski definition) is 24. The number of nitrogens with zero attached hydrogens (tertiary/aromatic N) is 6. The number of hydrogen-bond donors (Lipinski definition) is 10. The largest absolute Gasteiger partial charge is 0.871 e. The van der Waals surface area contributed by atoms with E-state index in [1.807, 2.05) is 0 Å². The van der Waals surface area contributed by atoms with E-state index in [4.69, 9.17) is 20.9 Å². The second-order valence-electron chi connectivity index (χ2n) is 14.6. The fourth-order valence-electron chi connectivity index (χ4n) is 6.54. The number of benzene rings is 6. The molecule has 2 fully saturated rings. The standard InChI is InChI=1S/C32H24N6O16S4.2C4H8NO.2Cu.4H3N/c33-19-11-17(55(43,44)45)5-15-9-25(57(49,50)51)29(31(41)27(15)19)37-35-21-3-1-13(7-23(21)39)14-2-4-22(24(40)8-14)36-38-30-26(58(52,53)54)10-16-6-18(56(46,47)48)12-20(34)28(16)32(30)42;2*1-3-6-4-2-5-1;;;;;;/h1-12,39-42H,33-34H2,(H,43,44,45)(H,46,47,48)(H,49,50,51)(H,52,53,54);2*1-4H2;;;4*1H3/q;2*-1;;;;;;/p-4. The molecule has 2 saturated heterocycles. The molecule has 2 aliphatic heterocycles. The van der Waals surface area contributed by atoms with Gasteiger partial charge in [-0.1, -0.05) is 47.3 Å². The van der Waals surface area contributed by atoms with E-state index in [9.17, 15) is 72.3 Å². The summed E-state index contributed by atoms with van der Waals surface area (Å²) >= 11 is 0. The molecule has 2 radical (unpaired) electrons. The van der Waals surface area contributed by atoms with Crippen molar-refractivity contribution in [2.24, 2.45) is 20.5 Å². The van der Waals surface area contributed by atoms with Crippen molar-refractivity contribution in [3.05, 3.63) is 83.4 Å². The molecule has 6 aromatic rings. The first-order valence-corrected chi connectivity index (χ1v) is 25.4. The van der Waals surface area contributed by atoms with Gasteiger partial charge in [0.05, 0.1) is 32.5 Å². The van der Waals surface area contributed by atoms with Crippen molar-refractivity contribution < 1.29 is 116 Å². The minimum Gasteiger partial charge on any atom is -0.871 e. The second kappa shape index (κ2) is 28.5. The van der Waals surface area contributed by atoms with E-state index in [1.165, 1.54) is 12.1 Å². The molecule has 428 valence electrons. The molecule has 0 aromatic heterocycles. The number of rotatable bonds is 9. The van der Waals surface area contributed by atoms with Crippen LogP contribution in [0.1, 0.15) is 0 Å². The van der Waals surface area contributed by atoms with Crippen LogP contribution in [-0.4, -0.2) is 104 Å². The van der Waals surface area contributed by atoms with Crippen LogP contribution < -0.4 is 56.5 Å². The maximum absolute atomic E-state index is 13.3. The van der Waals surface area contributed by atoms with Gasteiger partial charge in [-0.15, -0.1) is 36.4 Å². The molecule has 8 rings (SSSR count). The van der Waals surface area contributed by atoms with Crippen LogP contribution >= 0.6 is 0 Å². The van der Waals surface area contributed by atoms with Gasteiger partial charge in [0.1, 0.15) is 9.79 Å². The number of morpholine rings is 2. The van der Waals surface area contributed by atoms with Crippen LogP contribution in [0, 0.1) is 0 Å². The zero-order valence-electron chi connectivity index (χ0n) is 39.0. The molecular formula is C40H48Cu2N12O18S4-6. The van der Waals surface area contributed by atoms with Crippen molar-refractivity contribution in [1.82, 2.24) is 24.6 Å². The Hall–Kier alpha value is -5.80. The Bertz CT molecular complexity index is 3300.